The van der Waals surface area contributed by atoms with Crippen LogP contribution in [0.5, 0.6) is 23.0 Å². The molecule has 1 atom stereocenters. The first-order chi connectivity index (χ1) is 23.5. The summed E-state index contributed by atoms with van der Waals surface area (Å²) in [6.45, 7) is 5.55. The van der Waals surface area contributed by atoms with Crippen molar-refractivity contribution in [1.29, 1.82) is 0 Å². The Morgan fingerprint density at radius 1 is 0.816 bits per heavy atom. The Bertz CT molecular complexity index is 1980. The smallest absolute Gasteiger partial charge is 0.408 e. The molecule has 252 valence electrons. The number of amides is 1. The first kappa shape index (κ1) is 34.2. The Hall–Kier alpha value is -6.10. The quantitative estimate of drug-likeness (QED) is 0.116. The number of carbonyl (C=O) groups excluding carboxylic acids is 3. The van der Waals surface area contributed by atoms with Gasteiger partial charge in [0.15, 0.2) is 0 Å². The second-order valence-corrected chi connectivity index (χ2v) is 11.9. The van der Waals surface area contributed by atoms with E-state index >= 15 is 0 Å². The number of alkyl carbamates (subject to hydrolysis) is 1. The lowest BCUT2D eigenvalue weighted by molar-refractivity contribution is -0.136. The van der Waals surface area contributed by atoms with Crippen molar-refractivity contribution in [2.75, 3.05) is 7.11 Å². The Kier molecular flexibility index (Phi) is 10.6. The fourth-order valence-corrected chi connectivity index (χ4v) is 4.66. The molecule has 1 amide bonds. The lowest BCUT2D eigenvalue weighted by atomic mass is 10.1. The van der Waals surface area contributed by atoms with Gasteiger partial charge in [-0.05, 0) is 80.4 Å². The third kappa shape index (κ3) is 9.48. The fraction of sp³-hybridized carbons (Fsp3) is 0.211. The van der Waals surface area contributed by atoms with Crippen LogP contribution < -0.4 is 25.0 Å². The minimum Gasteiger partial charge on any atom is -0.489 e. The highest BCUT2D eigenvalue weighted by atomic mass is 16.6. The lowest BCUT2D eigenvalue weighted by Gasteiger charge is -2.23. The fourth-order valence-electron chi connectivity index (χ4n) is 4.66. The van der Waals surface area contributed by atoms with Crippen LogP contribution in [0.25, 0.3) is 11.0 Å². The molecule has 0 spiro atoms. The normalized spacial score (nSPS) is 11.7. The van der Waals surface area contributed by atoms with Crippen molar-refractivity contribution in [2.24, 2.45) is 0 Å². The summed E-state index contributed by atoms with van der Waals surface area (Å²) in [5.74, 6) is -0.293. The molecule has 1 heterocycles. The maximum atomic E-state index is 13.4. The monoisotopic (exact) mass is 665 g/mol. The van der Waals surface area contributed by atoms with Gasteiger partial charge in [-0.15, -0.1) is 0 Å². The zero-order chi connectivity index (χ0) is 35.0. The van der Waals surface area contributed by atoms with Crippen molar-refractivity contribution in [3.8, 4) is 23.0 Å². The van der Waals surface area contributed by atoms with Crippen LogP contribution in [-0.4, -0.2) is 36.8 Å². The molecular formula is C38H35NO10. The molecule has 0 fully saturated rings. The van der Waals surface area contributed by atoms with Gasteiger partial charge in [0.2, 0.25) is 11.2 Å². The number of rotatable bonds is 11. The second-order valence-electron chi connectivity index (χ2n) is 11.9. The van der Waals surface area contributed by atoms with Crippen molar-refractivity contribution >= 4 is 29.0 Å². The maximum Gasteiger partial charge on any atom is 0.408 e. The molecule has 0 unspecified atom stereocenters. The zero-order valence-corrected chi connectivity index (χ0v) is 27.4. The highest BCUT2D eigenvalue weighted by Crippen LogP contribution is 2.25. The third-order valence-corrected chi connectivity index (χ3v) is 7.02. The van der Waals surface area contributed by atoms with Crippen molar-refractivity contribution in [2.45, 2.75) is 45.4 Å². The van der Waals surface area contributed by atoms with Crippen LogP contribution in [0.2, 0.25) is 0 Å². The number of carbonyl (C=O) groups is 3. The maximum absolute atomic E-state index is 13.4. The summed E-state index contributed by atoms with van der Waals surface area (Å²) in [6, 6.07) is 26.2. The number of esters is 2. The van der Waals surface area contributed by atoms with E-state index in [4.69, 9.17) is 23.4 Å². The van der Waals surface area contributed by atoms with E-state index in [1.165, 1.54) is 49.6 Å². The summed E-state index contributed by atoms with van der Waals surface area (Å²) in [6.07, 6.45) is 0.459. The van der Waals surface area contributed by atoms with Gasteiger partial charge in [0.05, 0.1) is 18.1 Å². The van der Waals surface area contributed by atoms with E-state index in [2.05, 4.69) is 10.1 Å². The molecular weight excluding hydrogens is 630 g/mol. The first-order valence-electron chi connectivity index (χ1n) is 15.4. The summed E-state index contributed by atoms with van der Waals surface area (Å²) >= 11 is 0. The van der Waals surface area contributed by atoms with Gasteiger partial charge >= 0.3 is 18.0 Å². The number of ether oxygens (including phenoxy) is 5. The SMILES string of the molecule is COC(=O)c1ccc(Oc2coc3cc(OC(=O)[C@@H](Cc4ccc(OCc5ccccc5)cc4)NC(=O)OC(C)(C)C)ccc3c2=O)cc1. The summed E-state index contributed by atoms with van der Waals surface area (Å²) in [5, 5.41) is 2.79. The van der Waals surface area contributed by atoms with Gasteiger partial charge in [-0.2, -0.15) is 0 Å². The van der Waals surface area contributed by atoms with Gasteiger partial charge in [0.1, 0.15) is 47.3 Å². The molecule has 0 saturated heterocycles. The van der Waals surface area contributed by atoms with Gasteiger partial charge in [-0.1, -0.05) is 42.5 Å². The molecule has 1 aromatic heterocycles. The Labute approximate surface area is 282 Å². The predicted octanol–water partition coefficient (Wildman–Crippen LogP) is 6.99. The van der Waals surface area contributed by atoms with E-state index in [-0.39, 0.29) is 28.9 Å². The number of benzene rings is 4. The summed E-state index contributed by atoms with van der Waals surface area (Å²) in [4.78, 5) is 50.9. The highest BCUT2D eigenvalue weighted by Gasteiger charge is 2.27. The average Bonchev–Trinajstić information content (AvgIpc) is 3.08. The van der Waals surface area contributed by atoms with Crippen LogP contribution in [0.4, 0.5) is 4.79 Å². The van der Waals surface area contributed by atoms with Crippen LogP contribution in [0.1, 0.15) is 42.3 Å². The number of hydrogen-bond acceptors (Lipinski definition) is 10. The Morgan fingerprint density at radius 3 is 2.16 bits per heavy atom. The minimum atomic E-state index is -1.12. The van der Waals surface area contributed by atoms with Gasteiger partial charge in [0, 0.05) is 12.5 Å². The minimum absolute atomic E-state index is 0.0822. The standard InChI is InChI=1S/C38H35NO10/c1-38(2,3)49-37(43)39-31(20-24-10-14-27(15-11-24)45-22-25-8-6-5-7-9-25)36(42)48-29-18-19-30-32(21-29)46-23-33(34(30)40)47-28-16-12-26(13-17-28)35(41)44-4/h5-19,21,23,31H,20,22H2,1-4H3,(H,39,43)/t31-/m1/s1. The van der Waals surface area contributed by atoms with Crippen LogP contribution in [0, 0.1) is 0 Å². The Morgan fingerprint density at radius 2 is 1.49 bits per heavy atom. The molecule has 0 radical (unpaired) electrons. The number of methoxy groups -OCH3 is 1. The van der Waals surface area contributed by atoms with E-state index in [9.17, 15) is 19.2 Å². The number of nitrogens with one attached hydrogen (secondary N) is 1. The molecule has 5 rings (SSSR count). The molecule has 0 aliphatic rings. The molecule has 0 saturated carbocycles. The van der Waals surface area contributed by atoms with Crippen molar-refractivity contribution in [1.82, 2.24) is 5.32 Å². The lowest BCUT2D eigenvalue weighted by Crippen LogP contribution is -2.46. The molecule has 0 aliphatic carbocycles. The Balaban J connectivity index is 1.29. The molecule has 0 bridgehead atoms. The molecule has 4 aromatic carbocycles. The van der Waals surface area contributed by atoms with E-state index in [0.717, 1.165) is 17.4 Å². The summed E-state index contributed by atoms with van der Waals surface area (Å²) in [7, 11) is 1.28. The predicted molar refractivity (Wildman–Crippen MR) is 180 cm³/mol. The molecule has 11 nitrogen and oxygen atoms in total. The number of fused-ring (bicyclic) bond motifs is 1. The first-order valence-corrected chi connectivity index (χ1v) is 15.4. The molecule has 49 heavy (non-hydrogen) atoms. The molecule has 5 aromatic rings. The highest BCUT2D eigenvalue weighted by molar-refractivity contribution is 5.89. The summed E-state index contributed by atoms with van der Waals surface area (Å²) in [5.41, 5.74) is 0.987. The van der Waals surface area contributed by atoms with Gasteiger partial charge in [0.25, 0.3) is 0 Å². The van der Waals surface area contributed by atoms with E-state index in [1.807, 2.05) is 30.3 Å². The van der Waals surface area contributed by atoms with Gasteiger partial charge < -0.3 is 33.4 Å². The zero-order valence-electron chi connectivity index (χ0n) is 27.4. The molecule has 1 N–H and O–H groups in total. The van der Waals surface area contributed by atoms with Crippen LogP contribution in [-0.2, 0) is 27.3 Å². The largest absolute Gasteiger partial charge is 0.489 e. The van der Waals surface area contributed by atoms with Crippen molar-refractivity contribution < 1.29 is 42.5 Å². The van der Waals surface area contributed by atoms with E-state index < -0.39 is 35.1 Å². The van der Waals surface area contributed by atoms with Crippen LogP contribution in [0.15, 0.2) is 113 Å². The van der Waals surface area contributed by atoms with Crippen LogP contribution >= 0.6 is 0 Å². The topological polar surface area (TPSA) is 140 Å². The van der Waals surface area contributed by atoms with Crippen LogP contribution in [0.3, 0.4) is 0 Å². The van der Waals surface area contributed by atoms with Gasteiger partial charge in [-0.3, -0.25) is 4.79 Å². The molecule has 11 heteroatoms. The van der Waals surface area contributed by atoms with Crippen molar-refractivity contribution in [3.05, 3.63) is 130 Å². The number of hydrogen-bond donors (Lipinski definition) is 1. The third-order valence-electron chi connectivity index (χ3n) is 7.02. The second kappa shape index (κ2) is 15.2. The summed E-state index contributed by atoms with van der Waals surface area (Å²) < 4.78 is 32.9. The van der Waals surface area contributed by atoms with Crippen molar-refractivity contribution in [3.63, 3.8) is 0 Å². The average molecular weight is 666 g/mol. The van der Waals surface area contributed by atoms with E-state index in [1.54, 1.807) is 45.0 Å². The van der Waals surface area contributed by atoms with Gasteiger partial charge in [-0.25, -0.2) is 14.4 Å². The van der Waals surface area contributed by atoms with E-state index in [0.29, 0.717) is 23.7 Å². The molecule has 0 aliphatic heterocycles.